The van der Waals surface area contributed by atoms with Crippen LogP contribution in [0.3, 0.4) is 0 Å². The molecule has 1 N–H and O–H groups in total. The number of hydrogen-bond acceptors (Lipinski definition) is 4. The molecule has 1 saturated heterocycles. The molecule has 1 unspecified atom stereocenters. The standard InChI is InChI=1S/C18H26N4OS.2ClH/c1-3-8-22(16-6-7-19-9-16)18(23)13-24-12-15-11-21-10-14(2)4-5-17(21)20-15;;/h4-5,10-11,16,19H,3,6-9,12-13H2,1-2H3;2*1H. The number of hydrogen-bond donors (Lipinski definition) is 1. The summed E-state index contributed by atoms with van der Waals surface area (Å²) < 4.78 is 2.06. The van der Waals surface area contributed by atoms with E-state index in [-0.39, 0.29) is 30.7 Å². The molecule has 146 valence electrons. The monoisotopic (exact) mass is 418 g/mol. The van der Waals surface area contributed by atoms with Crippen molar-refractivity contribution in [1.29, 1.82) is 0 Å². The van der Waals surface area contributed by atoms with Crippen LogP contribution < -0.4 is 5.32 Å². The lowest BCUT2D eigenvalue weighted by atomic mass is 10.2. The molecule has 3 heterocycles. The van der Waals surface area contributed by atoms with E-state index in [0.717, 1.165) is 49.6 Å². The third-order valence-electron chi connectivity index (χ3n) is 4.38. The topological polar surface area (TPSA) is 49.6 Å². The van der Waals surface area contributed by atoms with E-state index in [1.54, 1.807) is 11.8 Å². The number of aromatic nitrogens is 2. The summed E-state index contributed by atoms with van der Waals surface area (Å²) in [4.78, 5) is 19.3. The molecule has 0 aliphatic carbocycles. The zero-order valence-corrected chi connectivity index (χ0v) is 17.8. The van der Waals surface area contributed by atoms with Gasteiger partial charge < -0.3 is 14.6 Å². The molecule has 8 heteroatoms. The van der Waals surface area contributed by atoms with Crippen molar-refractivity contribution >= 4 is 48.1 Å². The molecule has 1 atom stereocenters. The molecule has 0 spiro atoms. The van der Waals surface area contributed by atoms with Crippen LogP contribution in [0.15, 0.2) is 24.5 Å². The summed E-state index contributed by atoms with van der Waals surface area (Å²) in [7, 11) is 0. The predicted molar refractivity (Wildman–Crippen MR) is 114 cm³/mol. The van der Waals surface area contributed by atoms with E-state index in [4.69, 9.17) is 0 Å². The molecule has 0 radical (unpaired) electrons. The maximum absolute atomic E-state index is 12.6. The Balaban J connectivity index is 0.00000169. The van der Waals surface area contributed by atoms with E-state index in [9.17, 15) is 4.79 Å². The fourth-order valence-electron chi connectivity index (χ4n) is 3.21. The van der Waals surface area contributed by atoms with Gasteiger partial charge in [-0.15, -0.1) is 36.6 Å². The Hall–Kier alpha value is -0.950. The quantitative estimate of drug-likeness (QED) is 0.748. The van der Waals surface area contributed by atoms with Crippen LogP contribution in [0.1, 0.15) is 31.0 Å². The average Bonchev–Trinajstić information content (AvgIpc) is 3.21. The van der Waals surface area contributed by atoms with Gasteiger partial charge in [-0.05, 0) is 37.9 Å². The molecular weight excluding hydrogens is 391 g/mol. The zero-order valence-electron chi connectivity index (χ0n) is 15.3. The molecule has 26 heavy (non-hydrogen) atoms. The number of amides is 1. The molecule has 0 aromatic carbocycles. The first kappa shape index (κ1) is 23.1. The maximum Gasteiger partial charge on any atom is 0.232 e. The highest BCUT2D eigenvalue weighted by molar-refractivity contribution is 7.99. The first-order valence-electron chi connectivity index (χ1n) is 8.69. The van der Waals surface area contributed by atoms with Gasteiger partial charge in [0.1, 0.15) is 5.65 Å². The van der Waals surface area contributed by atoms with E-state index in [0.29, 0.717) is 11.8 Å². The van der Waals surface area contributed by atoms with Crippen molar-refractivity contribution in [1.82, 2.24) is 19.6 Å². The lowest BCUT2D eigenvalue weighted by molar-refractivity contribution is -0.130. The second kappa shape index (κ2) is 11.0. The number of nitrogens with one attached hydrogen (secondary N) is 1. The molecule has 0 bridgehead atoms. The van der Waals surface area contributed by atoms with Crippen molar-refractivity contribution in [3.05, 3.63) is 35.8 Å². The number of rotatable bonds is 7. The Morgan fingerprint density at radius 3 is 2.88 bits per heavy atom. The highest BCUT2D eigenvalue weighted by Gasteiger charge is 2.25. The number of halogens is 2. The van der Waals surface area contributed by atoms with Crippen molar-refractivity contribution in [2.24, 2.45) is 0 Å². The number of imidazole rings is 1. The van der Waals surface area contributed by atoms with E-state index in [1.807, 2.05) is 6.07 Å². The van der Waals surface area contributed by atoms with E-state index in [2.05, 4.69) is 51.9 Å². The minimum atomic E-state index is 0. The number of pyridine rings is 1. The van der Waals surface area contributed by atoms with Crippen molar-refractivity contribution in [2.75, 3.05) is 25.4 Å². The second-order valence-corrected chi connectivity index (χ2v) is 7.42. The number of aryl methyl sites for hydroxylation is 1. The van der Waals surface area contributed by atoms with Crippen LogP contribution in [0.25, 0.3) is 5.65 Å². The van der Waals surface area contributed by atoms with Crippen LogP contribution in [-0.2, 0) is 10.5 Å². The van der Waals surface area contributed by atoms with Gasteiger partial charge in [0.15, 0.2) is 0 Å². The highest BCUT2D eigenvalue weighted by atomic mass is 35.5. The lowest BCUT2D eigenvalue weighted by Gasteiger charge is -2.28. The smallest absolute Gasteiger partial charge is 0.232 e. The Bertz CT molecular complexity index is 704. The molecular formula is C18H28Cl2N4OS. The molecule has 1 amide bonds. The number of thioether (sulfide) groups is 1. The summed E-state index contributed by atoms with van der Waals surface area (Å²) >= 11 is 1.66. The Morgan fingerprint density at radius 1 is 1.38 bits per heavy atom. The van der Waals surface area contributed by atoms with Crippen molar-refractivity contribution < 1.29 is 4.79 Å². The largest absolute Gasteiger partial charge is 0.338 e. The van der Waals surface area contributed by atoms with E-state index in [1.165, 1.54) is 5.56 Å². The van der Waals surface area contributed by atoms with Crippen LogP contribution >= 0.6 is 36.6 Å². The minimum Gasteiger partial charge on any atom is -0.338 e. The number of carbonyl (C=O) groups excluding carboxylic acids is 1. The Kier molecular flexibility index (Phi) is 9.79. The Morgan fingerprint density at radius 2 is 2.19 bits per heavy atom. The van der Waals surface area contributed by atoms with Gasteiger partial charge >= 0.3 is 0 Å². The van der Waals surface area contributed by atoms with Gasteiger partial charge in [0.2, 0.25) is 5.91 Å². The average molecular weight is 419 g/mol. The molecule has 0 saturated carbocycles. The maximum atomic E-state index is 12.6. The summed E-state index contributed by atoms with van der Waals surface area (Å²) in [6.45, 7) is 7.02. The molecule has 5 nitrogen and oxygen atoms in total. The number of nitrogens with zero attached hydrogens (tertiary/aromatic N) is 3. The third-order valence-corrected chi connectivity index (χ3v) is 5.34. The summed E-state index contributed by atoms with van der Waals surface area (Å²) in [6, 6.07) is 4.47. The molecule has 1 aliphatic heterocycles. The molecule has 2 aromatic heterocycles. The van der Waals surface area contributed by atoms with Gasteiger partial charge in [-0.25, -0.2) is 4.98 Å². The summed E-state index contributed by atoms with van der Waals surface area (Å²) in [5.41, 5.74) is 3.21. The van der Waals surface area contributed by atoms with Gasteiger partial charge in [-0.3, -0.25) is 4.79 Å². The van der Waals surface area contributed by atoms with Gasteiger partial charge in [-0.1, -0.05) is 13.0 Å². The molecule has 2 aromatic rings. The van der Waals surface area contributed by atoms with Crippen LogP contribution in [0.5, 0.6) is 0 Å². The Labute approximate surface area is 172 Å². The first-order valence-corrected chi connectivity index (χ1v) is 9.85. The fraction of sp³-hybridized carbons (Fsp3) is 0.556. The van der Waals surface area contributed by atoms with Crippen LogP contribution in [0.4, 0.5) is 0 Å². The van der Waals surface area contributed by atoms with Crippen LogP contribution in [0.2, 0.25) is 0 Å². The minimum absolute atomic E-state index is 0. The van der Waals surface area contributed by atoms with Crippen molar-refractivity contribution in [3.63, 3.8) is 0 Å². The highest BCUT2D eigenvalue weighted by Crippen LogP contribution is 2.16. The lowest BCUT2D eigenvalue weighted by Crippen LogP contribution is -2.43. The molecule has 3 rings (SSSR count). The zero-order chi connectivity index (χ0) is 16.9. The number of carbonyl (C=O) groups is 1. The summed E-state index contributed by atoms with van der Waals surface area (Å²) in [5.74, 6) is 1.56. The van der Waals surface area contributed by atoms with Gasteiger partial charge in [-0.2, -0.15) is 0 Å². The normalized spacial score (nSPS) is 16.2. The van der Waals surface area contributed by atoms with Crippen molar-refractivity contribution in [3.8, 4) is 0 Å². The van der Waals surface area contributed by atoms with Gasteiger partial charge in [0.05, 0.1) is 11.4 Å². The number of fused-ring (bicyclic) bond motifs is 1. The third kappa shape index (κ3) is 5.78. The van der Waals surface area contributed by atoms with Crippen molar-refractivity contribution in [2.45, 2.75) is 38.5 Å². The predicted octanol–water partition coefficient (Wildman–Crippen LogP) is 3.32. The summed E-state index contributed by atoms with van der Waals surface area (Å²) in [5, 5.41) is 3.35. The van der Waals surface area contributed by atoms with Gasteiger partial charge in [0, 0.05) is 37.3 Å². The van der Waals surface area contributed by atoms with Gasteiger partial charge in [0.25, 0.3) is 0 Å². The fourth-order valence-corrected chi connectivity index (χ4v) is 4.00. The first-order chi connectivity index (χ1) is 11.7. The molecule has 1 aliphatic rings. The summed E-state index contributed by atoms with van der Waals surface area (Å²) in [6.07, 6.45) is 6.23. The van der Waals surface area contributed by atoms with E-state index < -0.39 is 0 Å². The molecule has 1 fully saturated rings. The van der Waals surface area contributed by atoms with Crippen LogP contribution in [0, 0.1) is 6.92 Å². The van der Waals surface area contributed by atoms with Crippen LogP contribution in [-0.4, -0.2) is 51.6 Å². The second-order valence-electron chi connectivity index (χ2n) is 6.43. The SMILES string of the molecule is CCCN(C(=O)CSCc1cn2cc(C)ccc2n1)C1CCNC1.Cl.Cl. The van der Waals surface area contributed by atoms with E-state index >= 15 is 0 Å².